The number of hydrogen-bond donors (Lipinski definition) is 0. The molecule has 17 aromatic carbocycles. The molecule has 2 aliphatic rings. The molecule has 17 aromatic rings. The molecule has 0 radical (unpaired) electrons. The predicted octanol–water partition coefficient (Wildman–Crippen LogP) is 25.5. The average molecular weight is 1170 g/mol. The molecule has 0 N–H and O–H groups in total. The molecular weight excluding hydrogens is 1110 g/mol. The van der Waals surface area contributed by atoms with Crippen LogP contribution in [0.4, 0.5) is 0 Å². The zero-order valence-corrected chi connectivity index (χ0v) is 51.9. The molecule has 92 heavy (non-hydrogen) atoms. The van der Waals surface area contributed by atoms with Crippen LogP contribution in [0.1, 0.15) is 49.9 Å². The fourth-order valence-corrected chi connectivity index (χ4v) is 17.0. The summed E-state index contributed by atoms with van der Waals surface area (Å²) in [5, 5.41) is 20.2. The molecule has 0 bridgehead atoms. The molecule has 0 heterocycles. The SMILES string of the molecule is CC1(C)c2cc(-c3ccc4c(c3)C(C)(C)c3cc(-c5c6ccccc6c(-c6c7ccccc7c(-c7ccc8ccccc8c7)c7ccccc67)c6ccccc56)ccc3-4)ccc2-c2ccc(-c3c4ccccc4c(-c4ccc5ccccc5c4)c4ccccc34)cc21. The van der Waals surface area contributed by atoms with Gasteiger partial charge >= 0.3 is 0 Å². The zero-order chi connectivity index (χ0) is 61.1. The Morgan fingerprint density at radius 1 is 0.163 bits per heavy atom. The van der Waals surface area contributed by atoms with Gasteiger partial charge in [0.05, 0.1) is 0 Å². The van der Waals surface area contributed by atoms with Gasteiger partial charge in [0.2, 0.25) is 0 Å². The highest BCUT2D eigenvalue weighted by Gasteiger charge is 2.39. The monoisotopic (exact) mass is 1170 g/mol. The molecule has 0 spiro atoms. The van der Waals surface area contributed by atoms with Crippen molar-refractivity contribution in [1.29, 1.82) is 0 Å². The Bertz CT molecular complexity index is 5890. The van der Waals surface area contributed by atoms with E-state index in [1.165, 1.54) is 197 Å². The van der Waals surface area contributed by atoms with E-state index in [9.17, 15) is 0 Å². The van der Waals surface area contributed by atoms with Gasteiger partial charge in [0.25, 0.3) is 0 Å². The van der Waals surface area contributed by atoms with Gasteiger partial charge in [0.1, 0.15) is 0 Å². The first-order valence-electron chi connectivity index (χ1n) is 32.5. The first-order valence-corrected chi connectivity index (χ1v) is 32.5. The van der Waals surface area contributed by atoms with Gasteiger partial charge in [0.15, 0.2) is 0 Å². The van der Waals surface area contributed by atoms with Gasteiger partial charge in [-0.1, -0.05) is 295 Å². The summed E-state index contributed by atoms with van der Waals surface area (Å²) in [5.74, 6) is 0. The standard InChI is InChI=1S/C92H62/c1-91(2)81-51-59(41-45-65(81)67-47-43-63(53-83(67)91)87-71-27-11-9-25-69(71)85(70-26-10-12-28-72(70)87)61-39-37-55-21-5-7-23-57(55)49-61)60-42-46-66-68-48-44-64(54-84(68)92(3,4)82(66)52-60)88-75-31-15-19-35-79(75)90(80-36-20-16-32-76(80)88)89-77-33-17-13-29-73(77)86(74-30-14-18-34-78(74)89)62-40-38-56-22-6-8-24-58(56)50-62/h5-54H,1-4H3. The molecule has 430 valence electrons. The molecule has 19 rings (SSSR count). The summed E-state index contributed by atoms with van der Waals surface area (Å²) in [5.41, 5.74) is 25.5. The molecule has 0 heteroatoms. The lowest BCUT2D eigenvalue weighted by atomic mass is 9.78. The Hall–Kier alpha value is -11.2. The Morgan fingerprint density at radius 2 is 0.359 bits per heavy atom. The van der Waals surface area contributed by atoms with Crippen LogP contribution in [0.2, 0.25) is 0 Å². The van der Waals surface area contributed by atoms with E-state index in [-0.39, 0.29) is 10.8 Å². The Morgan fingerprint density at radius 3 is 0.630 bits per heavy atom. The van der Waals surface area contributed by atoms with Crippen molar-refractivity contribution in [2.75, 3.05) is 0 Å². The maximum atomic E-state index is 2.53. The molecule has 2 aliphatic carbocycles. The Balaban J connectivity index is 0.692. The van der Waals surface area contributed by atoms with Crippen LogP contribution in [0, 0.1) is 0 Å². The van der Waals surface area contributed by atoms with Gasteiger partial charge in [-0.2, -0.15) is 0 Å². The van der Waals surface area contributed by atoms with E-state index in [2.05, 4.69) is 331 Å². The quantitative estimate of drug-likeness (QED) is 0.146. The topological polar surface area (TPSA) is 0 Å². The smallest absolute Gasteiger partial charge is 0.0159 e. The zero-order valence-electron chi connectivity index (χ0n) is 51.9. The number of benzene rings is 17. The van der Waals surface area contributed by atoms with Crippen LogP contribution in [-0.4, -0.2) is 0 Å². The summed E-state index contributed by atoms with van der Waals surface area (Å²) >= 11 is 0. The predicted molar refractivity (Wildman–Crippen MR) is 394 cm³/mol. The van der Waals surface area contributed by atoms with Gasteiger partial charge < -0.3 is 0 Å². The normalized spacial score (nSPS) is 13.6. The fourth-order valence-electron chi connectivity index (χ4n) is 17.0. The lowest BCUT2D eigenvalue weighted by Crippen LogP contribution is -2.15. The van der Waals surface area contributed by atoms with Gasteiger partial charge in [-0.05, 0) is 234 Å². The summed E-state index contributed by atoms with van der Waals surface area (Å²) in [6.45, 7) is 9.73. The minimum Gasteiger partial charge on any atom is -0.0616 e. The van der Waals surface area contributed by atoms with E-state index >= 15 is 0 Å². The van der Waals surface area contributed by atoms with Crippen LogP contribution < -0.4 is 0 Å². The third kappa shape index (κ3) is 7.59. The maximum Gasteiger partial charge on any atom is 0.0159 e. The molecular formula is C92H62. The Kier molecular flexibility index (Phi) is 11.3. The molecule has 0 unspecified atom stereocenters. The maximum absolute atomic E-state index is 2.53. The van der Waals surface area contributed by atoms with E-state index in [0.29, 0.717) is 0 Å². The van der Waals surface area contributed by atoms with Crippen molar-refractivity contribution in [1.82, 2.24) is 0 Å². The molecule has 0 saturated carbocycles. The van der Waals surface area contributed by atoms with Gasteiger partial charge in [-0.25, -0.2) is 0 Å². The number of hydrogen-bond acceptors (Lipinski definition) is 0. The van der Waals surface area contributed by atoms with Crippen LogP contribution in [0.25, 0.3) is 175 Å². The average Bonchev–Trinajstić information content (AvgIpc) is 1.26. The summed E-state index contributed by atoms with van der Waals surface area (Å²) in [6, 6.07) is 115. The molecule has 0 saturated heterocycles. The molecule has 0 aromatic heterocycles. The minimum atomic E-state index is -0.252. The van der Waals surface area contributed by atoms with Crippen molar-refractivity contribution < 1.29 is 0 Å². The molecule has 0 amide bonds. The fraction of sp³-hybridized carbons (Fsp3) is 0.0652. The number of rotatable bonds is 6. The second kappa shape index (κ2) is 19.7. The summed E-state index contributed by atoms with van der Waals surface area (Å²) in [6.07, 6.45) is 0. The first-order chi connectivity index (χ1) is 45.2. The van der Waals surface area contributed by atoms with E-state index in [1.54, 1.807) is 0 Å². The second-order valence-electron chi connectivity index (χ2n) is 26.9. The van der Waals surface area contributed by atoms with E-state index < -0.39 is 0 Å². The van der Waals surface area contributed by atoms with Crippen LogP contribution >= 0.6 is 0 Å². The molecule has 0 atom stereocenters. The summed E-state index contributed by atoms with van der Waals surface area (Å²) < 4.78 is 0. The van der Waals surface area contributed by atoms with Crippen molar-refractivity contribution >= 4 is 86.2 Å². The van der Waals surface area contributed by atoms with Crippen molar-refractivity contribution in [3.8, 4) is 89.0 Å². The molecule has 0 aliphatic heterocycles. The van der Waals surface area contributed by atoms with Crippen molar-refractivity contribution in [3.05, 3.63) is 326 Å². The van der Waals surface area contributed by atoms with Gasteiger partial charge in [-0.3, -0.25) is 0 Å². The van der Waals surface area contributed by atoms with Gasteiger partial charge in [0, 0.05) is 10.8 Å². The first kappa shape index (κ1) is 52.7. The third-order valence-electron chi connectivity index (χ3n) is 21.4. The third-order valence-corrected chi connectivity index (χ3v) is 21.4. The van der Waals surface area contributed by atoms with E-state index in [1.807, 2.05) is 0 Å². The van der Waals surface area contributed by atoms with Crippen LogP contribution in [0.5, 0.6) is 0 Å². The Labute approximate surface area is 536 Å². The van der Waals surface area contributed by atoms with Crippen molar-refractivity contribution in [2.45, 2.75) is 38.5 Å². The van der Waals surface area contributed by atoms with E-state index in [4.69, 9.17) is 0 Å². The second-order valence-corrected chi connectivity index (χ2v) is 26.9. The highest BCUT2D eigenvalue weighted by atomic mass is 14.4. The van der Waals surface area contributed by atoms with Crippen LogP contribution in [0.15, 0.2) is 303 Å². The summed E-state index contributed by atoms with van der Waals surface area (Å²) in [7, 11) is 0. The van der Waals surface area contributed by atoms with Crippen LogP contribution in [0.3, 0.4) is 0 Å². The number of fused-ring (bicyclic) bond motifs is 14. The molecule has 0 nitrogen and oxygen atoms in total. The van der Waals surface area contributed by atoms with E-state index in [0.717, 1.165) is 0 Å². The lowest BCUT2D eigenvalue weighted by molar-refractivity contribution is 0.660. The van der Waals surface area contributed by atoms with Crippen molar-refractivity contribution in [3.63, 3.8) is 0 Å². The minimum absolute atomic E-state index is 0.229. The van der Waals surface area contributed by atoms with Gasteiger partial charge in [-0.15, -0.1) is 0 Å². The van der Waals surface area contributed by atoms with Crippen LogP contribution in [-0.2, 0) is 10.8 Å². The summed E-state index contributed by atoms with van der Waals surface area (Å²) in [4.78, 5) is 0. The van der Waals surface area contributed by atoms with Crippen molar-refractivity contribution in [2.24, 2.45) is 0 Å². The lowest BCUT2D eigenvalue weighted by Gasteiger charge is -2.24. The molecule has 0 fully saturated rings. The highest BCUT2D eigenvalue weighted by molar-refractivity contribution is 6.30. The largest absolute Gasteiger partial charge is 0.0616 e. The highest BCUT2D eigenvalue weighted by Crippen LogP contribution is 2.56.